The van der Waals surface area contributed by atoms with E-state index in [0.717, 1.165) is 29.7 Å². The fourth-order valence-corrected chi connectivity index (χ4v) is 3.69. The van der Waals surface area contributed by atoms with Gasteiger partial charge in [0.15, 0.2) is 0 Å². The summed E-state index contributed by atoms with van der Waals surface area (Å²) < 4.78 is 13.2. The highest BCUT2D eigenvalue weighted by Gasteiger charge is 2.27. The van der Waals surface area contributed by atoms with Crippen molar-refractivity contribution in [3.8, 4) is 0 Å². The molecule has 0 spiro atoms. The number of aryl methyl sites for hydroxylation is 1. The van der Waals surface area contributed by atoms with Gasteiger partial charge in [-0.05, 0) is 54.5 Å². The Morgan fingerprint density at radius 2 is 1.77 bits per heavy atom. The Morgan fingerprint density at radius 1 is 1.12 bits per heavy atom. The first-order valence-corrected chi connectivity index (χ1v) is 9.01. The van der Waals surface area contributed by atoms with Gasteiger partial charge in [-0.15, -0.1) is 12.4 Å². The van der Waals surface area contributed by atoms with Crippen molar-refractivity contribution in [3.63, 3.8) is 0 Å². The predicted molar refractivity (Wildman–Crippen MR) is 106 cm³/mol. The molecule has 0 bridgehead atoms. The molecule has 1 unspecified atom stereocenters. The molecule has 2 aromatic carbocycles. The summed E-state index contributed by atoms with van der Waals surface area (Å²) in [5, 5.41) is 3.18. The SMILES string of the molecule is Cl.Nc1ccccc1CCC(=O)NC(c1ccc(F)cc1)C1CCCC1. The zero-order valence-corrected chi connectivity index (χ0v) is 15.6. The van der Waals surface area contributed by atoms with Crippen LogP contribution in [0.3, 0.4) is 0 Å². The number of halogens is 2. The van der Waals surface area contributed by atoms with Gasteiger partial charge in [-0.25, -0.2) is 4.39 Å². The van der Waals surface area contributed by atoms with E-state index in [1.165, 1.54) is 25.0 Å². The number of rotatable bonds is 6. The molecule has 0 aliphatic heterocycles. The molecule has 3 N–H and O–H groups in total. The normalized spacial score (nSPS) is 15.3. The summed E-state index contributed by atoms with van der Waals surface area (Å²) in [4.78, 5) is 12.5. The third-order valence-electron chi connectivity index (χ3n) is 5.09. The van der Waals surface area contributed by atoms with E-state index in [4.69, 9.17) is 5.73 Å². The molecular formula is C21H26ClFN2O. The van der Waals surface area contributed by atoms with Gasteiger partial charge in [0.1, 0.15) is 5.82 Å². The minimum absolute atomic E-state index is 0. The van der Waals surface area contributed by atoms with E-state index in [0.29, 0.717) is 18.8 Å². The number of nitrogen functional groups attached to an aromatic ring is 1. The van der Waals surface area contributed by atoms with E-state index >= 15 is 0 Å². The summed E-state index contributed by atoms with van der Waals surface area (Å²) >= 11 is 0. The van der Waals surface area contributed by atoms with Gasteiger partial charge in [0.25, 0.3) is 0 Å². The van der Waals surface area contributed by atoms with Gasteiger partial charge in [-0.3, -0.25) is 4.79 Å². The van der Waals surface area contributed by atoms with Crippen molar-refractivity contribution < 1.29 is 9.18 Å². The molecule has 1 saturated carbocycles. The lowest BCUT2D eigenvalue weighted by Crippen LogP contribution is -2.33. The Hall–Kier alpha value is -2.07. The summed E-state index contributed by atoms with van der Waals surface area (Å²) in [6, 6.07) is 14.1. The van der Waals surface area contributed by atoms with Crippen molar-refractivity contribution in [3.05, 3.63) is 65.5 Å². The molecule has 1 aliphatic rings. The number of amides is 1. The smallest absolute Gasteiger partial charge is 0.220 e. The van der Waals surface area contributed by atoms with Crippen molar-refractivity contribution in [2.45, 2.75) is 44.6 Å². The highest BCUT2D eigenvalue weighted by Crippen LogP contribution is 2.35. The van der Waals surface area contributed by atoms with Crippen LogP contribution in [0.2, 0.25) is 0 Å². The van der Waals surface area contributed by atoms with Crippen molar-refractivity contribution in [1.29, 1.82) is 0 Å². The van der Waals surface area contributed by atoms with Crippen molar-refractivity contribution in [2.24, 2.45) is 5.92 Å². The molecule has 3 rings (SSSR count). The number of hydrogen-bond acceptors (Lipinski definition) is 2. The third kappa shape index (κ3) is 5.21. The molecule has 2 aromatic rings. The zero-order valence-electron chi connectivity index (χ0n) is 14.8. The second kappa shape index (κ2) is 9.58. The minimum atomic E-state index is -0.250. The van der Waals surface area contributed by atoms with E-state index in [1.807, 2.05) is 24.3 Å². The molecule has 0 saturated heterocycles. The molecule has 1 aliphatic carbocycles. The fraction of sp³-hybridized carbons (Fsp3) is 0.381. The quantitative estimate of drug-likeness (QED) is 0.711. The van der Waals surface area contributed by atoms with E-state index in [-0.39, 0.29) is 30.2 Å². The van der Waals surface area contributed by atoms with Crippen LogP contribution in [0.5, 0.6) is 0 Å². The first kappa shape index (κ1) is 20.2. The molecule has 3 nitrogen and oxygen atoms in total. The Kier molecular flexibility index (Phi) is 7.46. The average Bonchev–Trinajstić information content (AvgIpc) is 3.14. The Morgan fingerprint density at radius 3 is 2.42 bits per heavy atom. The first-order valence-electron chi connectivity index (χ1n) is 9.01. The van der Waals surface area contributed by atoms with Crippen LogP contribution in [-0.4, -0.2) is 5.91 Å². The van der Waals surface area contributed by atoms with Crippen LogP contribution in [0.15, 0.2) is 48.5 Å². The van der Waals surface area contributed by atoms with E-state index in [9.17, 15) is 9.18 Å². The van der Waals surface area contributed by atoms with Gasteiger partial charge in [0.05, 0.1) is 6.04 Å². The lowest BCUT2D eigenvalue weighted by molar-refractivity contribution is -0.122. The van der Waals surface area contributed by atoms with Gasteiger partial charge >= 0.3 is 0 Å². The first-order chi connectivity index (χ1) is 12.1. The summed E-state index contributed by atoms with van der Waals surface area (Å²) in [6.07, 6.45) is 5.62. The summed E-state index contributed by atoms with van der Waals surface area (Å²) in [6.45, 7) is 0. The highest BCUT2D eigenvalue weighted by atomic mass is 35.5. The average molecular weight is 377 g/mol. The van der Waals surface area contributed by atoms with Gasteiger partial charge in [0, 0.05) is 12.1 Å². The minimum Gasteiger partial charge on any atom is -0.399 e. The molecule has 0 aromatic heterocycles. The number of carbonyl (C=O) groups is 1. The number of anilines is 1. The van der Waals surface area contributed by atoms with E-state index < -0.39 is 0 Å². The molecule has 0 radical (unpaired) electrons. The maximum Gasteiger partial charge on any atom is 0.220 e. The molecular weight excluding hydrogens is 351 g/mol. The maximum atomic E-state index is 13.2. The monoisotopic (exact) mass is 376 g/mol. The van der Waals surface area contributed by atoms with E-state index in [2.05, 4.69) is 5.32 Å². The summed E-state index contributed by atoms with van der Waals surface area (Å²) in [5.41, 5.74) is 8.65. The van der Waals surface area contributed by atoms with Crippen LogP contribution in [-0.2, 0) is 11.2 Å². The fourth-order valence-electron chi connectivity index (χ4n) is 3.69. The molecule has 1 atom stereocenters. The van der Waals surface area contributed by atoms with Crippen LogP contribution in [0, 0.1) is 11.7 Å². The molecule has 1 amide bonds. The predicted octanol–water partition coefficient (Wildman–Crippen LogP) is 4.81. The van der Waals surface area contributed by atoms with Crippen molar-refractivity contribution in [2.75, 3.05) is 5.73 Å². The number of para-hydroxylation sites is 1. The summed E-state index contributed by atoms with van der Waals surface area (Å²) in [5.74, 6) is 0.195. The second-order valence-electron chi connectivity index (χ2n) is 6.84. The van der Waals surface area contributed by atoms with Crippen LogP contribution in [0.1, 0.15) is 49.3 Å². The van der Waals surface area contributed by atoms with Crippen molar-refractivity contribution >= 4 is 24.0 Å². The zero-order chi connectivity index (χ0) is 17.6. The number of carbonyl (C=O) groups excluding carboxylic acids is 1. The van der Waals surface area contributed by atoms with Gasteiger partial charge in [-0.2, -0.15) is 0 Å². The van der Waals surface area contributed by atoms with Gasteiger partial charge in [0.2, 0.25) is 5.91 Å². The maximum absolute atomic E-state index is 13.2. The van der Waals surface area contributed by atoms with E-state index in [1.54, 1.807) is 12.1 Å². The van der Waals surface area contributed by atoms with Gasteiger partial charge in [-0.1, -0.05) is 43.2 Å². The van der Waals surface area contributed by atoms with Crippen LogP contribution in [0.25, 0.3) is 0 Å². The second-order valence-corrected chi connectivity index (χ2v) is 6.84. The standard InChI is InChI=1S/C21H25FN2O.ClH/c22-18-12-9-17(10-13-18)21(16-6-1-2-7-16)24-20(25)14-11-15-5-3-4-8-19(15)23;/h3-5,8-10,12-13,16,21H,1-2,6-7,11,14,23H2,(H,24,25);1H. The molecule has 26 heavy (non-hydrogen) atoms. The van der Waals surface area contributed by atoms with Crippen LogP contribution >= 0.6 is 12.4 Å². The molecule has 140 valence electrons. The molecule has 1 fully saturated rings. The van der Waals surface area contributed by atoms with Crippen LogP contribution in [0.4, 0.5) is 10.1 Å². The Bertz CT molecular complexity index is 714. The lowest BCUT2D eigenvalue weighted by atomic mass is 9.91. The lowest BCUT2D eigenvalue weighted by Gasteiger charge is -2.25. The third-order valence-corrected chi connectivity index (χ3v) is 5.09. The van der Waals surface area contributed by atoms with Crippen molar-refractivity contribution in [1.82, 2.24) is 5.32 Å². The molecule has 0 heterocycles. The van der Waals surface area contributed by atoms with Crippen LogP contribution < -0.4 is 11.1 Å². The largest absolute Gasteiger partial charge is 0.399 e. The number of benzene rings is 2. The summed E-state index contributed by atoms with van der Waals surface area (Å²) in [7, 11) is 0. The number of nitrogens with two attached hydrogens (primary N) is 1. The van der Waals surface area contributed by atoms with Gasteiger partial charge < -0.3 is 11.1 Å². The Balaban J connectivity index is 0.00000243. The Labute approximate surface area is 160 Å². The number of nitrogens with one attached hydrogen (secondary N) is 1. The highest BCUT2D eigenvalue weighted by molar-refractivity contribution is 5.85. The number of hydrogen-bond donors (Lipinski definition) is 2. The topological polar surface area (TPSA) is 55.1 Å². The molecule has 5 heteroatoms.